The molecule has 0 bridgehead atoms. The van der Waals surface area contributed by atoms with Crippen LogP contribution in [0.2, 0.25) is 0 Å². The zero-order valence-electron chi connectivity index (χ0n) is 17.4. The van der Waals surface area contributed by atoms with E-state index in [2.05, 4.69) is 0 Å². The molecule has 33 heavy (non-hydrogen) atoms. The van der Waals surface area contributed by atoms with Gasteiger partial charge in [0.05, 0.1) is 12.2 Å². The Morgan fingerprint density at radius 3 is 2.15 bits per heavy atom. The normalized spacial score (nSPS) is 28.4. The number of carbonyl (C=O) groups excluding carboxylic acids is 1. The van der Waals surface area contributed by atoms with Crippen molar-refractivity contribution in [3.8, 4) is 11.5 Å². The van der Waals surface area contributed by atoms with Crippen LogP contribution >= 0.6 is 0 Å². The second kappa shape index (κ2) is 8.17. The van der Waals surface area contributed by atoms with E-state index in [1.807, 2.05) is 12.1 Å². The molecule has 0 amide bonds. The lowest BCUT2D eigenvalue weighted by atomic mass is 9.80. The molecule has 0 aromatic heterocycles. The van der Waals surface area contributed by atoms with Gasteiger partial charge < -0.3 is 34.6 Å². The largest absolute Gasteiger partial charge is 0.508 e. The van der Waals surface area contributed by atoms with Gasteiger partial charge in [0, 0.05) is 16.7 Å². The number of cyclic esters (lactones) is 1. The minimum Gasteiger partial charge on any atom is -0.508 e. The third-order valence-electron chi connectivity index (χ3n) is 6.06. The van der Waals surface area contributed by atoms with Crippen LogP contribution in [0.4, 0.5) is 0 Å². The first-order valence-electron chi connectivity index (χ1n) is 10.5. The second-order valence-corrected chi connectivity index (χ2v) is 8.01. The first-order chi connectivity index (χ1) is 15.9. The number of carbonyl (C=O) groups is 1. The fourth-order valence-corrected chi connectivity index (χ4v) is 4.37. The molecule has 0 spiro atoms. The molecule has 8 nitrogen and oxygen atoms in total. The minimum absolute atomic E-state index is 0.0914. The number of hydrogen-bond acceptors (Lipinski definition) is 8. The van der Waals surface area contributed by atoms with Crippen LogP contribution in [0, 0.1) is 0 Å². The third-order valence-corrected chi connectivity index (χ3v) is 6.06. The Hall–Kier alpha value is -3.43. The monoisotopic (exact) mass is 450 g/mol. The van der Waals surface area contributed by atoms with Gasteiger partial charge in [0.25, 0.3) is 0 Å². The molecular weight excluding hydrogens is 428 g/mol. The lowest BCUT2D eigenvalue weighted by Crippen LogP contribution is -2.35. The zero-order valence-corrected chi connectivity index (χ0v) is 17.4. The molecule has 2 unspecified atom stereocenters. The molecule has 8 heteroatoms. The van der Waals surface area contributed by atoms with Gasteiger partial charge in [0.1, 0.15) is 29.8 Å². The van der Waals surface area contributed by atoms with Gasteiger partial charge in [-0.1, -0.05) is 42.5 Å². The maximum atomic E-state index is 12.7. The molecule has 2 heterocycles. The summed E-state index contributed by atoms with van der Waals surface area (Å²) in [6.07, 6.45) is -4.64. The Morgan fingerprint density at radius 1 is 0.879 bits per heavy atom. The molecule has 5 atom stereocenters. The standard InChI is InChI=1S/C25H22O8/c26-13-20-21(28)22(29)24(32-20)31-17-11-7-15(8-12-17)25(14-5-9-16(27)10-6-14)19-4-2-1-3-18(19)23(30)33-25/h1-12,20-22,24,26-29H,13H2/t20-,21-,22-,24?,25?/m1/s1. The van der Waals surface area contributed by atoms with Gasteiger partial charge in [0.2, 0.25) is 6.29 Å². The van der Waals surface area contributed by atoms with E-state index >= 15 is 0 Å². The van der Waals surface area contributed by atoms with Gasteiger partial charge in [-0.2, -0.15) is 0 Å². The number of phenolic OH excluding ortho intramolecular Hbond substituents is 1. The van der Waals surface area contributed by atoms with Crippen molar-refractivity contribution in [2.24, 2.45) is 0 Å². The van der Waals surface area contributed by atoms with Crippen LogP contribution in [0.25, 0.3) is 0 Å². The fraction of sp³-hybridized carbons (Fsp3) is 0.240. The molecule has 2 aliphatic rings. The summed E-state index contributed by atoms with van der Waals surface area (Å²) in [4.78, 5) is 12.7. The number of aliphatic hydroxyl groups excluding tert-OH is 3. The lowest BCUT2D eigenvalue weighted by Gasteiger charge is -2.30. The quantitative estimate of drug-likeness (QED) is 0.433. The summed E-state index contributed by atoms with van der Waals surface area (Å²) in [5, 5.41) is 39.0. The third kappa shape index (κ3) is 3.44. The molecule has 170 valence electrons. The molecule has 3 aromatic carbocycles. The summed E-state index contributed by atoms with van der Waals surface area (Å²) in [7, 11) is 0. The maximum absolute atomic E-state index is 12.7. The predicted molar refractivity (Wildman–Crippen MR) is 115 cm³/mol. The number of ether oxygens (including phenoxy) is 3. The van der Waals surface area contributed by atoms with Gasteiger partial charge in [-0.3, -0.25) is 0 Å². The highest BCUT2D eigenvalue weighted by Crippen LogP contribution is 2.47. The van der Waals surface area contributed by atoms with Crippen molar-refractivity contribution in [1.82, 2.24) is 0 Å². The Morgan fingerprint density at radius 2 is 1.52 bits per heavy atom. The van der Waals surface area contributed by atoms with Gasteiger partial charge >= 0.3 is 5.97 Å². The van der Waals surface area contributed by atoms with Crippen molar-refractivity contribution < 1.29 is 39.4 Å². The minimum atomic E-state index is -1.31. The first-order valence-corrected chi connectivity index (χ1v) is 10.5. The first kappa shape index (κ1) is 21.4. The number of aromatic hydroxyl groups is 1. The number of hydrogen-bond donors (Lipinski definition) is 4. The van der Waals surface area contributed by atoms with E-state index in [0.717, 1.165) is 0 Å². The molecule has 2 aliphatic heterocycles. The van der Waals surface area contributed by atoms with Gasteiger partial charge in [-0.05, 0) is 30.3 Å². The van der Waals surface area contributed by atoms with E-state index in [1.54, 1.807) is 48.5 Å². The van der Waals surface area contributed by atoms with E-state index < -0.39 is 42.8 Å². The van der Waals surface area contributed by atoms with Crippen LogP contribution < -0.4 is 4.74 Å². The van der Waals surface area contributed by atoms with Gasteiger partial charge in [-0.15, -0.1) is 0 Å². The molecule has 0 radical (unpaired) electrons. The van der Waals surface area contributed by atoms with Crippen molar-refractivity contribution in [1.29, 1.82) is 0 Å². The molecule has 0 aliphatic carbocycles. The highest BCUT2D eigenvalue weighted by Gasteiger charge is 2.48. The fourth-order valence-electron chi connectivity index (χ4n) is 4.37. The Kier molecular flexibility index (Phi) is 5.30. The molecular formula is C25H22O8. The van der Waals surface area contributed by atoms with E-state index in [-0.39, 0.29) is 5.75 Å². The van der Waals surface area contributed by atoms with E-state index in [0.29, 0.717) is 28.0 Å². The Bertz CT molecular complexity index is 1160. The van der Waals surface area contributed by atoms with Crippen molar-refractivity contribution in [2.75, 3.05) is 6.61 Å². The summed E-state index contributed by atoms with van der Waals surface area (Å²) in [5.74, 6) is -0.00804. The molecule has 3 aromatic rings. The summed E-state index contributed by atoms with van der Waals surface area (Å²) >= 11 is 0. The topological polar surface area (TPSA) is 126 Å². The maximum Gasteiger partial charge on any atom is 0.340 e. The zero-order chi connectivity index (χ0) is 23.2. The number of phenols is 1. The van der Waals surface area contributed by atoms with Crippen molar-refractivity contribution in [3.63, 3.8) is 0 Å². The highest BCUT2D eigenvalue weighted by atomic mass is 16.7. The highest BCUT2D eigenvalue weighted by molar-refractivity contribution is 5.96. The molecule has 0 saturated carbocycles. The summed E-state index contributed by atoms with van der Waals surface area (Å²) in [5.41, 5.74) is 1.23. The average Bonchev–Trinajstić information content (AvgIpc) is 3.29. The van der Waals surface area contributed by atoms with Crippen molar-refractivity contribution in [3.05, 3.63) is 95.1 Å². The van der Waals surface area contributed by atoms with Crippen LogP contribution in [-0.4, -0.2) is 57.6 Å². The number of rotatable bonds is 5. The smallest absolute Gasteiger partial charge is 0.340 e. The molecule has 5 rings (SSSR count). The molecule has 1 fully saturated rings. The van der Waals surface area contributed by atoms with Crippen LogP contribution in [0.5, 0.6) is 11.5 Å². The Labute approximate surface area is 189 Å². The summed E-state index contributed by atoms with van der Waals surface area (Å²) in [6.45, 7) is -0.447. The Balaban J connectivity index is 1.52. The van der Waals surface area contributed by atoms with Crippen LogP contribution in [0.15, 0.2) is 72.8 Å². The number of fused-ring (bicyclic) bond motifs is 1. The van der Waals surface area contributed by atoms with Gasteiger partial charge in [-0.25, -0.2) is 4.79 Å². The predicted octanol–water partition coefficient (Wildman–Crippen LogP) is 1.67. The van der Waals surface area contributed by atoms with E-state index in [9.17, 15) is 25.2 Å². The van der Waals surface area contributed by atoms with Crippen LogP contribution in [0.1, 0.15) is 27.0 Å². The number of benzene rings is 3. The van der Waals surface area contributed by atoms with E-state index in [4.69, 9.17) is 14.2 Å². The summed E-state index contributed by atoms with van der Waals surface area (Å²) < 4.78 is 17.0. The summed E-state index contributed by atoms with van der Waals surface area (Å²) in [6, 6.07) is 20.4. The SMILES string of the molecule is O=C1OC(c2ccc(O)cc2)(c2ccc(OC3O[C@H](CO)[C@@H](O)[C@H]3O)cc2)c2ccccc21. The number of aliphatic hydroxyl groups is 3. The molecule has 4 N–H and O–H groups in total. The van der Waals surface area contributed by atoms with Crippen molar-refractivity contribution >= 4 is 5.97 Å². The average molecular weight is 450 g/mol. The molecule has 1 saturated heterocycles. The van der Waals surface area contributed by atoms with E-state index in [1.165, 1.54) is 12.1 Å². The van der Waals surface area contributed by atoms with Crippen LogP contribution in [0.3, 0.4) is 0 Å². The lowest BCUT2D eigenvalue weighted by molar-refractivity contribution is -0.116. The second-order valence-electron chi connectivity index (χ2n) is 8.01. The van der Waals surface area contributed by atoms with Gasteiger partial charge in [0.15, 0.2) is 5.60 Å². The van der Waals surface area contributed by atoms with Crippen LogP contribution in [-0.2, 0) is 15.1 Å². The van der Waals surface area contributed by atoms with Crippen molar-refractivity contribution in [2.45, 2.75) is 30.2 Å². The number of esters is 1.